The van der Waals surface area contributed by atoms with Crippen molar-refractivity contribution < 1.29 is 0 Å². The first-order valence-corrected chi connectivity index (χ1v) is 6.11. The lowest BCUT2D eigenvalue weighted by molar-refractivity contribution is 0.396. The fraction of sp³-hybridized carbons (Fsp3) is 0.727. The summed E-state index contributed by atoms with van der Waals surface area (Å²) in [5, 5.41) is 1.07. The van der Waals surface area contributed by atoms with E-state index < -0.39 is 0 Å². The molecule has 0 aliphatic heterocycles. The number of rotatable bonds is 3. The van der Waals surface area contributed by atoms with Crippen LogP contribution >= 0.6 is 11.3 Å². The summed E-state index contributed by atoms with van der Waals surface area (Å²) in [6, 6.07) is 0. The van der Waals surface area contributed by atoms with Crippen molar-refractivity contribution in [2.75, 3.05) is 19.0 Å². The Bertz CT molecular complexity index is 358. The summed E-state index contributed by atoms with van der Waals surface area (Å²) in [5.74, 6) is 0. The normalized spacial score (nSPS) is 19.0. The van der Waals surface area contributed by atoms with E-state index in [4.69, 9.17) is 5.73 Å². The van der Waals surface area contributed by atoms with E-state index in [9.17, 15) is 0 Å². The van der Waals surface area contributed by atoms with Crippen molar-refractivity contribution in [3.8, 4) is 0 Å². The second-order valence-electron chi connectivity index (χ2n) is 5.21. The van der Waals surface area contributed by atoms with E-state index in [-0.39, 0.29) is 11.0 Å². The molecule has 3 nitrogen and oxygen atoms in total. The zero-order valence-corrected chi connectivity index (χ0v) is 10.7. The minimum absolute atomic E-state index is 0.136. The van der Waals surface area contributed by atoms with Crippen LogP contribution in [0.4, 0.5) is 5.13 Å². The maximum atomic E-state index is 6.26. The Kier molecular flexibility index (Phi) is 2.32. The van der Waals surface area contributed by atoms with Crippen LogP contribution in [0.15, 0.2) is 6.20 Å². The molecule has 0 bridgehead atoms. The number of hydrogen-bond acceptors (Lipinski definition) is 4. The summed E-state index contributed by atoms with van der Waals surface area (Å²) < 4.78 is 0. The van der Waals surface area contributed by atoms with Gasteiger partial charge in [0.2, 0.25) is 0 Å². The van der Waals surface area contributed by atoms with Crippen LogP contribution in [-0.4, -0.2) is 24.6 Å². The summed E-state index contributed by atoms with van der Waals surface area (Å²) in [6.07, 6.45) is 4.40. The van der Waals surface area contributed by atoms with Gasteiger partial charge in [0.15, 0.2) is 5.13 Å². The number of nitrogens with zero attached hydrogens (tertiary/aromatic N) is 2. The number of nitrogens with two attached hydrogens (primary N) is 1. The van der Waals surface area contributed by atoms with E-state index in [2.05, 4.69) is 18.8 Å². The van der Waals surface area contributed by atoms with Gasteiger partial charge in [0.1, 0.15) is 0 Å². The fourth-order valence-electron chi connectivity index (χ4n) is 2.03. The summed E-state index contributed by atoms with van der Waals surface area (Å²) in [6.45, 7) is 4.24. The number of aromatic nitrogens is 1. The molecule has 0 atom stereocenters. The van der Waals surface area contributed by atoms with Crippen LogP contribution in [0.5, 0.6) is 0 Å². The molecule has 4 heteroatoms. The molecule has 0 aromatic carbocycles. The average molecular weight is 225 g/mol. The number of thiazole rings is 1. The molecule has 0 unspecified atom stereocenters. The summed E-state index contributed by atoms with van der Waals surface area (Å²) in [4.78, 5) is 7.82. The molecule has 2 N–H and O–H groups in total. The molecule has 0 saturated heterocycles. The highest BCUT2D eigenvalue weighted by Gasteiger charge is 2.55. The molecule has 1 fully saturated rings. The topological polar surface area (TPSA) is 42.2 Å². The quantitative estimate of drug-likeness (QED) is 0.855. The maximum Gasteiger partial charge on any atom is 0.184 e. The van der Waals surface area contributed by atoms with Gasteiger partial charge < -0.3 is 10.6 Å². The smallest absolute Gasteiger partial charge is 0.184 e. The Morgan fingerprint density at radius 2 is 2.07 bits per heavy atom. The number of anilines is 1. The van der Waals surface area contributed by atoms with Crippen LogP contribution in [-0.2, 0) is 5.41 Å². The van der Waals surface area contributed by atoms with Crippen molar-refractivity contribution in [3.63, 3.8) is 0 Å². The second kappa shape index (κ2) is 3.19. The third-order valence-corrected chi connectivity index (χ3v) is 4.70. The van der Waals surface area contributed by atoms with Crippen LogP contribution in [0.1, 0.15) is 31.6 Å². The third-order valence-electron chi connectivity index (χ3n) is 3.33. The summed E-state index contributed by atoms with van der Waals surface area (Å²) in [5.41, 5.74) is 6.32. The first-order valence-electron chi connectivity index (χ1n) is 5.29. The van der Waals surface area contributed by atoms with E-state index in [1.165, 1.54) is 17.7 Å². The molecule has 0 radical (unpaired) electrons. The summed E-state index contributed by atoms with van der Waals surface area (Å²) >= 11 is 1.77. The second-order valence-corrected chi connectivity index (χ2v) is 6.21. The molecule has 1 aromatic rings. The lowest BCUT2D eigenvalue weighted by Gasteiger charge is -2.29. The molecule has 84 valence electrons. The minimum atomic E-state index is -0.136. The maximum absolute atomic E-state index is 6.26. The van der Waals surface area contributed by atoms with Gasteiger partial charge in [-0.05, 0) is 26.7 Å². The molecule has 0 amide bonds. The SMILES string of the molecule is CN(C)c1ncc(C2(C(C)(C)N)CC2)s1. The fourth-order valence-corrected chi connectivity index (χ4v) is 3.28. The van der Waals surface area contributed by atoms with E-state index in [1.807, 2.05) is 25.2 Å². The zero-order valence-electron chi connectivity index (χ0n) is 9.87. The van der Waals surface area contributed by atoms with Crippen LogP contribution in [0.2, 0.25) is 0 Å². The molecule has 0 spiro atoms. The Morgan fingerprint density at radius 1 is 1.47 bits per heavy atom. The van der Waals surface area contributed by atoms with E-state index in [0.29, 0.717) is 0 Å². The molecule has 15 heavy (non-hydrogen) atoms. The molecule has 1 heterocycles. The van der Waals surface area contributed by atoms with Crippen molar-refractivity contribution in [1.82, 2.24) is 4.98 Å². The number of hydrogen-bond donors (Lipinski definition) is 1. The largest absolute Gasteiger partial charge is 0.354 e. The highest BCUT2D eigenvalue weighted by Crippen LogP contribution is 2.56. The first kappa shape index (κ1) is 10.9. The lowest BCUT2D eigenvalue weighted by Crippen LogP contribution is -2.44. The van der Waals surface area contributed by atoms with Crippen molar-refractivity contribution in [2.24, 2.45) is 5.73 Å². The van der Waals surface area contributed by atoms with Gasteiger partial charge in [0, 0.05) is 36.1 Å². The predicted octanol–water partition coefficient (Wildman–Crippen LogP) is 1.98. The summed E-state index contributed by atoms with van der Waals surface area (Å²) in [7, 11) is 4.05. The lowest BCUT2D eigenvalue weighted by atomic mass is 9.84. The average Bonchev–Trinajstić information content (AvgIpc) is 2.77. The molecule has 1 aliphatic carbocycles. The molecule has 1 saturated carbocycles. The highest BCUT2D eigenvalue weighted by atomic mass is 32.1. The third kappa shape index (κ3) is 1.66. The van der Waals surface area contributed by atoms with E-state index >= 15 is 0 Å². The molecule has 1 aliphatic rings. The Labute approximate surface area is 95.3 Å². The van der Waals surface area contributed by atoms with Crippen molar-refractivity contribution in [2.45, 2.75) is 37.6 Å². The van der Waals surface area contributed by atoms with Crippen LogP contribution in [0, 0.1) is 0 Å². The van der Waals surface area contributed by atoms with Crippen molar-refractivity contribution in [3.05, 3.63) is 11.1 Å². The molecular weight excluding hydrogens is 206 g/mol. The Hall–Kier alpha value is -0.610. The van der Waals surface area contributed by atoms with Gasteiger partial charge in [-0.1, -0.05) is 0 Å². The Morgan fingerprint density at radius 3 is 2.40 bits per heavy atom. The predicted molar refractivity (Wildman–Crippen MR) is 65.6 cm³/mol. The van der Waals surface area contributed by atoms with Crippen LogP contribution in [0.25, 0.3) is 0 Å². The monoisotopic (exact) mass is 225 g/mol. The van der Waals surface area contributed by atoms with Gasteiger partial charge in [-0.25, -0.2) is 4.98 Å². The van der Waals surface area contributed by atoms with Crippen LogP contribution in [0.3, 0.4) is 0 Å². The van der Waals surface area contributed by atoms with E-state index in [0.717, 1.165) is 5.13 Å². The van der Waals surface area contributed by atoms with Gasteiger partial charge in [-0.15, -0.1) is 11.3 Å². The van der Waals surface area contributed by atoms with Crippen molar-refractivity contribution in [1.29, 1.82) is 0 Å². The standard InChI is InChI=1S/C11H19N3S/c1-10(2,12)11(5-6-11)8-7-13-9(15-8)14(3)4/h7H,5-6,12H2,1-4H3. The van der Waals surface area contributed by atoms with E-state index in [1.54, 1.807) is 11.3 Å². The minimum Gasteiger partial charge on any atom is -0.354 e. The molecule has 2 rings (SSSR count). The van der Waals surface area contributed by atoms with Crippen molar-refractivity contribution >= 4 is 16.5 Å². The van der Waals surface area contributed by atoms with Gasteiger partial charge in [-0.2, -0.15) is 0 Å². The highest BCUT2D eigenvalue weighted by molar-refractivity contribution is 7.15. The van der Waals surface area contributed by atoms with Gasteiger partial charge in [0.05, 0.1) is 0 Å². The molecular formula is C11H19N3S. The van der Waals surface area contributed by atoms with Gasteiger partial charge in [0.25, 0.3) is 0 Å². The van der Waals surface area contributed by atoms with Gasteiger partial charge >= 0.3 is 0 Å². The molecule has 1 aromatic heterocycles. The zero-order chi connectivity index (χ0) is 11.3. The Balaban J connectivity index is 2.31. The van der Waals surface area contributed by atoms with Crippen LogP contribution < -0.4 is 10.6 Å². The van der Waals surface area contributed by atoms with Gasteiger partial charge in [-0.3, -0.25) is 0 Å². The first-order chi connectivity index (χ1) is 6.87.